The van der Waals surface area contributed by atoms with E-state index in [-0.39, 0.29) is 5.41 Å². The summed E-state index contributed by atoms with van der Waals surface area (Å²) in [6.45, 7) is 2.43. The lowest BCUT2D eigenvalue weighted by atomic mass is 9.69. The van der Waals surface area contributed by atoms with Gasteiger partial charge in [-0.15, -0.1) is 0 Å². The fourth-order valence-corrected chi connectivity index (χ4v) is 10.8. The first kappa shape index (κ1) is 28.0. The maximum atomic E-state index is 3.92. The number of nitrogens with zero attached hydrogens (tertiary/aromatic N) is 1. The molecule has 8 aromatic carbocycles. The van der Waals surface area contributed by atoms with Crippen molar-refractivity contribution >= 4 is 43.8 Å². The second-order valence-electron chi connectivity index (χ2n) is 14.7. The molecular weight excluding hydrogens is 682 g/mol. The Morgan fingerprint density at radius 3 is 1.90 bits per heavy atom. The van der Waals surface area contributed by atoms with Gasteiger partial charge in [0.25, 0.3) is 0 Å². The average Bonchev–Trinajstić information content (AvgIpc) is 3.75. The summed E-state index contributed by atoms with van der Waals surface area (Å²) >= 11 is 3.92. The van der Waals surface area contributed by atoms with E-state index in [1.165, 1.54) is 94.5 Å². The minimum Gasteiger partial charge on any atom is -0.310 e. The Labute approximate surface area is 305 Å². The molecule has 1 heterocycles. The fraction of sp³-hybridized carbons (Fsp3) is 0.0612. The lowest BCUT2D eigenvalue weighted by Gasteiger charge is -2.37. The largest absolute Gasteiger partial charge is 0.310 e. The zero-order valence-electron chi connectivity index (χ0n) is 27.9. The van der Waals surface area contributed by atoms with Crippen molar-refractivity contribution in [2.75, 3.05) is 4.90 Å². The van der Waals surface area contributed by atoms with Gasteiger partial charge < -0.3 is 4.90 Å². The number of benzene rings is 8. The Morgan fingerprint density at radius 1 is 0.471 bits per heavy atom. The second kappa shape index (κ2) is 9.54. The summed E-state index contributed by atoms with van der Waals surface area (Å²) in [4.78, 5) is 2.55. The van der Waals surface area contributed by atoms with E-state index in [0.717, 1.165) is 10.2 Å². The summed E-state index contributed by atoms with van der Waals surface area (Å²) in [5.74, 6) is 0. The van der Waals surface area contributed by atoms with E-state index in [4.69, 9.17) is 0 Å². The molecular formula is C49H30BrN. The normalized spacial score (nSPS) is 19.3. The molecule has 0 saturated carbocycles. The van der Waals surface area contributed by atoms with Crippen LogP contribution in [0, 0.1) is 0 Å². The molecule has 3 aliphatic carbocycles. The minimum atomic E-state index is -0.511. The first-order valence-electron chi connectivity index (χ1n) is 17.8. The summed E-state index contributed by atoms with van der Waals surface area (Å²) in [7, 11) is 0. The minimum absolute atomic E-state index is 0.288. The van der Waals surface area contributed by atoms with Gasteiger partial charge in [-0.3, -0.25) is 0 Å². The van der Waals surface area contributed by atoms with Crippen LogP contribution >= 0.6 is 15.9 Å². The SMILES string of the molecule is CC12c3ccc4c5c(c(cc4c3)N(c3ccccc3)c3ccc(c1c3)-c1ccccc12)C1(c2ccccc2-c2ccc(Br)cc21)c1ccccc1-5. The highest BCUT2D eigenvalue weighted by atomic mass is 79.9. The summed E-state index contributed by atoms with van der Waals surface area (Å²) in [5, 5.41) is 2.57. The van der Waals surface area contributed by atoms with Crippen LogP contribution in [0.1, 0.15) is 45.9 Å². The van der Waals surface area contributed by atoms with Crippen LogP contribution < -0.4 is 4.90 Å². The van der Waals surface area contributed by atoms with Crippen molar-refractivity contribution in [2.45, 2.75) is 17.8 Å². The molecule has 1 aliphatic heterocycles. The van der Waals surface area contributed by atoms with E-state index in [9.17, 15) is 0 Å². The Balaban J connectivity index is 1.32. The molecule has 2 atom stereocenters. The summed E-state index contributed by atoms with van der Waals surface area (Å²) in [5.41, 5.74) is 20.1. The molecule has 1 nitrogen and oxygen atoms in total. The van der Waals surface area contributed by atoms with Crippen molar-refractivity contribution in [1.29, 1.82) is 0 Å². The van der Waals surface area contributed by atoms with Crippen LogP contribution in [-0.2, 0) is 10.8 Å². The van der Waals surface area contributed by atoms with Crippen molar-refractivity contribution in [3.05, 3.63) is 207 Å². The number of fused-ring (bicyclic) bond motifs is 19. The van der Waals surface area contributed by atoms with Gasteiger partial charge in [0.05, 0.1) is 11.1 Å². The zero-order valence-corrected chi connectivity index (χ0v) is 29.5. The lowest BCUT2D eigenvalue weighted by Crippen LogP contribution is -2.29. The highest BCUT2D eigenvalue weighted by molar-refractivity contribution is 9.10. The number of rotatable bonds is 1. The number of hydrogen-bond donors (Lipinski definition) is 0. The van der Waals surface area contributed by atoms with Crippen molar-refractivity contribution in [3.63, 3.8) is 0 Å². The summed E-state index contributed by atoms with van der Waals surface area (Å²) < 4.78 is 1.10. The molecule has 12 rings (SSSR count). The maximum absolute atomic E-state index is 3.92. The first-order valence-corrected chi connectivity index (χ1v) is 18.6. The summed E-state index contributed by atoms with van der Waals surface area (Å²) in [6.07, 6.45) is 0. The van der Waals surface area contributed by atoms with Gasteiger partial charge in [0.2, 0.25) is 0 Å². The van der Waals surface area contributed by atoms with Crippen molar-refractivity contribution in [2.24, 2.45) is 0 Å². The molecule has 0 amide bonds. The topological polar surface area (TPSA) is 3.24 Å². The van der Waals surface area contributed by atoms with E-state index in [2.05, 4.69) is 192 Å². The second-order valence-corrected chi connectivity index (χ2v) is 15.6. The number of anilines is 3. The van der Waals surface area contributed by atoms with E-state index in [0.29, 0.717) is 0 Å². The van der Waals surface area contributed by atoms with Crippen LogP contribution in [0.2, 0.25) is 0 Å². The molecule has 0 N–H and O–H groups in total. The smallest absolute Gasteiger partial charge is 0.0746 e. The van der Waals surface area contributed by atoms with E-state index < -0.39 is 5.41 Å². The standard InChI is InChI=1S/C49H30BrN/c1-48-30-19-22-34-29(25-30)26-45(51(32-11-3-2-4-12-32)33-21-24-37(43(48)28-33)35-13-5-8-16-40(35)48)47-46(34)39-15-7-10-18-42(39)49(47)41-17-9-6-14-36(41)38-23-20-31(50)27-44(38)49/h2-28H,1H3. The number of hydrogen-bond acceptors (Lipinski definition) is 1. The highest BCUT2D eigenvalue weighted by Gasteiger charge is 2.54. The monoisotopic (exact) mass is 711 g/mol. The van der Waals surface area contributed by atoms with Gasteiger partial charge in [-0.05, 0) is 133 Å². The zero-order chi connectivity index (χ0) is 33.6. The van der Waals surface area contributed by atoms with Gasteiger partial charge >= 0.3 is 0 Å². The quantitative estimate of drug-likeness (QED) is 0.164. The predicted molar refractivity (Wildman–Crippen MR) is 214 cm³/mol. The molecule has 1 spiro atoms. The first-order chi connectivity index (χ1) is 25.1. The van der Waals surface area contributed by atoms with Crippen LogP contribution in [0.4, 0.5) is 17.1 Å². The van der Waals surface area contributed by atoms with Gasteiger partial charge in [0.15, 0.2) is 0 Å². The third-order valence-electron chi connectivity index (χ3n) is 12.5. The van der Waals surface area contributed by atoms with Gasteiger partial charge in [-0.1, -0.05) is 131 Å². The Bertz CT molecular complexity index is 2850. The molecule has 4 aliphatic rings. The van der Waals surface area contributed by atoms with Gasteiger partial charge in [-0.25, -0.2) is 0 Å². The highest BCUT2D eigenvalue weighted by Crippen LogP contribution is 2.67. The van der Waals surface area contributed by atoms with Crippen molar-refractivity contribution in [1.82, 2.24) is 0 Å². The molecule has 5 bridgehead atoms. The molecule has 0 aromatic heterocycles. The van der Waals surface area contributed by atoms with Crippen LogP contribution in [0.25, 0.3) is 44.2 Å². The van der Waals surface area contributed by atoms with E-state index in [1.54, 1.807) is 0 Å². The third-order valence-corrected chi connectivity index (χ3v) is 13.0. The van der Waals surface area contributed by atoms with Crippen molar-refractivity contribution < 1.29 is 0 Å². The Morgan fingerprint density at radius 2 is 1.10 bits per heavy atom. The molecule has 2 heteroatoms. The van der Waals surface area contributed by atoms with Crippen molar-refractivity contribution in [3.8, 4) is 33.4 Å². The number of halogens is 1. The Kier molecular flexibility index (Phi) is 5.25. The number of para-hydroxylation sites is 1. The molecule has 238 valence electrons. The average molecular weight is 713 g/mol. The van der Waals surface area contributed by atoms with Crippen LogP contribution in [0.3, 0.4) is 0 Å². The molecule has 0 fully saturated rings. The van der Waals surface area contributed by atoms with Crippen LogP contribution in [-0.4, -0.2) is 0 Å². The van der Waals surface area contributed by atoms with Crippen LogP contribution in [0.15, 0.2) is 168 Å². The van der Waals surface area contributed by atoms with Gasteiger partial charge in [-0.2, -0.15) is 0 Å². The summed E-state index contributed by atoms with van der Waals surface area (Å²) in [6, 6.07) is 62.2. The Hall–Kier alpha value is -5.70. The molecule has 0 radical (unpaired) electrons. The predicted octanol–water partition coefficient (Wildman–Crippen LogP) is 13.1. The maximum Gasteiger partial charge on any atom is 0.0746 e. The van der Waals surface area contributed by atoms with Gasteiger partial charge in [0.1, 0.15) is 0 Å². The van der Waals surface area contributed by atoms with Gasteiger partial charge in [0, 0.05) is 26.8 Å². The lowest BCUT2D eigenvalue weighted by molar-refractivity contribution is 0.715. The van der Waals surface area contributed by atoms with Crippen LogP contribution in [0.5, 0.6) is 0 Å². The van der Waals surface area contributed by atoms with E-state index >= 15 is 0 Å². The third kappa shape index (κ3) is 3.24. The molecule has 2 unspecified atom stereocenters. The molecule has 0 saturated heterocycles. The molecule has 51 heavy (non-hydrogen) atoms. The van der Waals surface area contributed by atoms with E-state index in [1.807, 2.05) is 0 Å². The fourth-order valence-electron chi connectivity index (χ4n) is 10.4. The molecule has 8 aromatic rings.